The summed E-state index contributed by atoms with van der Waals surface area (Å²) in [5, 5.41) is 2.71. The van der Waals surface area contributed by atoms with Crippen LogP contribution >= 0.6 is 0 Å². The molecule has 1 N–H and O–H groups in total. The van der Waals surface area contributed by atoms with Crippen molar-refractivity contribution in [3.63, 3.8) is 0 Å². The van der Waals surface area contributed by atoms with Gasteiger partial charge in [0, 0.05) is 25.8 Å². The van der Waals surface area contributed by atoms with Gasteiger partial charge in [0.05, 0.1) is 0 Å². The minimum absolute atomic E-state index is 0.289. The number of alkyl carbamates (subject to hydrolysis) is 1. The lowest BCUT2D eigenvalue weighted by atomic mass is 10.0. The molecular formula is C16H23F2NO3. The number of benzene rings is 1. The van der Waals surface area contributed by atoms with Gasteiger partial charge in [-0.2, -0.15) is 0 Å². The molecule has 4 nitrogen and oxygen atoms in total. The van der Waals surface area contributed by atoms with E-state index in [4.69, 9.17) is 9.47 Å². The first-order valence-corrected chi connectivity index (χ1v) is 7.13. The first-order valence-electron chi connectivity index (χ1n) is 7.13. The first-order chi connectivity index (χ1) is 10.2. The third-order valence-corrected chi connectivity index (χ3v) is 2.80. The first kappa shape index (κ1) is 18.4. The second-order valence-corrected chi connectivity index (χ2v) is 6.11. The van der Waals surface area contributed by atoms with Crippen molar-refractivity contribution in [1.29, 1.82) is 0 Å². The van der Waals surface area contributed by atoms with Crippen LogP contribution in [0.1, 0.15) is 32.8 Å². The number of hydrogen-bond acceptors (Lipinski definition) is 3. The number of hydrogen-bond donors (Lipinski definition) is 1. The zero-order valence-corrected chi connectivity index (χ0v) is 13.4. The van der Waals surface area contributed by atoms with Gasteiger partial charge in [-0.3, -0.25) is 0 Å². The molecule has 0 saturated heterocycles. The second-order valence-electron chi connectivity index (χ2n) is 6.11. The van der Waals surface area contributed by atoms with E-state index in [1.807, 2.05) is 0 Å². The van der Waals surface area contributed by atoms with Gasteiger partial charge >= 0.3 is 6.09 Å². The molecule has 124 valence electrons. The second kappa shape index (κ2) is 8.08. The highest BCUT2D eigenvalue weighted by molar-refractivity contribution is 5.68. The Morgan fingerprint density at radius 2 is 1.82 bits per heavy atom. The predicted octanol–water partition coefficient (Wildman–Crippen LogP) is 3.44. The Hall–Kier alpha value is -1.69. The summed E-state index contributed by atoms with van der Waals surface area (Å²) in [5.74, 6) is -1.28. The van der Waals surface area contributed by atoms with Gasteiger partial charge in [0.2, 0.25) is 0 Å². The van der Waals surface area contributed by atoms with Crippen molar-refractivity contribution >= 4 is 6.09 Å². The van der Waals surface area contributed by atoms with Crippen molar-refractivity contribution in [3.05, 3.63) is 35.4 Å². The largest absolute Gasteiger partial charge is 0.444 e. The van der Waals surface area contributed by atoms with Crippen LogP contribution in [0.5, 0.6) is 0 Å². The molecule has 1 amide bonds. The average molecular weight is 315 g/mol. The fraction of sp³-hybridized carbons (Fsp3) is 0.562. The van der Waals surface area contributed by atoms with E-state index in [1.165, 1.54) is 12.1 Å². The van der Waals surface area contributed by atoms with Gasteiger partial charge in [-0.05, 0) is 51.3 Å². The van der Waals surface area contributed by atoms with Crippen LogP contribution in [-0.4, -0.2) is 31.5 Å². The molecule has 0 aliphatic rings. The van der Waals surface area contributed by atoms with Crippen LogP contribution in [-0.2, 0) is 15.9 Å². The number of nitrogens with one attached hydrogen (secondary N) is 1. The lowest BCUT2D eigenvalue weighted by Gasteiger charge is -2.23. The summed E-state index contributed by atoms with van der Waals surface area (Å²) in [5.41, 5.74) is -0.143. The molecule has 1 rings (SSSR count). The van der Waals surface area contributed by atoms with Crippen LogP contribution in [0.2, 0.25) is 0 Å². The van der Waals surface area contributed by atoms with Crippen LogP contribution in [0, 0.1) is 11.6 Å². The molecule has 0 fully saturated rings. The van der Waals surface area contributed by atoms with E-state index in [2.05, 4.69) is 5.32 Å². The summed E-state index contributed by atoms with van der Waals surface area (Å²) >= 11 is 0. The van der Waals surface area contributed by atoms with E-state index in [-0.39, 0.29) is 12.5 Å². The van der Waals surface area contributed by atoms with Crippen molar-refractivity contribution in [3.8, 4) is 0 Å². The van der Waals surface area contributed by atoms with Crippen molar-refractivity contribution in [2.45, 2.75) is 45.3 Å². The zero-order chi connectivity index (χ0) is 16.8. The van der Waals surface area contributed by atoms with E-state index in [0.717, 1.165) is 6.07 Å². The van der Waals surface area contributed by atoms with E-state index in [9.17, 15) is 13.6 Å². The molecular weight excluding hydrogens is 292 g/mol. The molecule has 0 bridgehead atoms. The van der Waals surface area contributed by atoms with Crippen molar-refractivity contribution in [2.75, 3.05) is 13.7 Å². The standard InChI is InChI=1S/C16H23F2NO3/c1-16(2,3)22-15(20)19-14(5-6-21-4)9-11-7-12(17)10-13(18)8-11/h7-8,10,14H,5-6,9H2,1-4H3,(H,19,20)/t14-/m1/s1. The SMILES string of the molecule is COCC[C@H](Cc1cc(F)cc(F)c1)NC(=O)OC(C)(C)C. The number of rotatable bonds is 6. The number of amides is 1. The molecule has 0 aliphatic carbocycles. The molecule has 0 unspecified atom stereocenters. The lowest BCUT2D eigenvalue weighted by molar-refractivity contribution is 0.0493. The molecule has 0 aromatic heterocycles. The van der Waals surface area contributed by atoms with E-state index < -0.39 is 23.3 Å². The van der Waals surface area contributed by atoms with Gasteiger partial charge in [-0.15, -0.1) is 0 Å². The third kappa shape index (κ3) is 7.36. The Morgan fingerprint density at radius 3 is 2.32 bits per heavy atom. The van der Waals surface area contributed by atoms with Gasteiger partial charge in [-0.25, -0.2) is 13.6 Å². The van der Waals surface area contributed by atoms with E-state index >= 15 is 0 Å². The molecule has 0 spiro atoms. The molecule has 1 aromatic carbocycles. The van der Waals surface area contributed by atoms with Gasteiger partial charge in [0.1, 0.15) is 17.2 Å². The molecule has 0 radical (unpaired) electrons. The van der Waals surface area contributed by atoms with Crippen molar-refractivity contribution in [2.24, 2.45) is 0 Å². The fourth-order valence-electron chi connectivity index (χ4n) is 1.97. The van der Waals surface area contributed by atoms with Crippen LogP contribution < -0.4 is 5.32 Å². The smallest absolute Gasteiger partial charge is 0.407 e. The summed E-state index contributed by atoms with van der Waals surface area (Å²) in [6.07, 6.45) is 0.232. The number of carbonyl (C=O) groups excluding carboxylic acids is 1. The van der Waals surface area contributed by atoms with Crippen molar-refractivity contribution in [1.82, 2.24) is 5.32 Å². The molecule has 0 aliphatic heterocycles. The average Bonchev–Trinajstić information content (AvgIpc) is 2.32. The summed E-state index contributed by atoms with van der Waals surface area (Å²) in [4.78, 5) is 11.8. The van der Waals surface area contributed by atoms with E-state index in [0.29, 0.717) is 18.6 Å². The minimum atomic E-state index is -0.641. The summed E-state index contributed by atoms with van der Waals surface area (Å²) < 4.78 is 36.7. The Kier molecular flexibility index (Phi) is 6.74. The molecule has 0 heterocycles. The molecule has 0 saturated carbocycles. The van der Waals surface area contributed by atoms with Crippen LogP contribution in [0.25, 0.3) is 0 Å². The maximum atomic E-state index is 13.2. The molecule has 1 atom stereocenters. The molecule has 6 heteroatoms. The van der Waals surface area contributed by atoms with E-state index in [1.54, 1.807) is 27.9 Å². The third-order valence-electron chi connectivity index (χ3n) is 2.80. The highest BCUT2D eigenvalue weighted by Crippen LogP contribution is 2.13. The monoisotopic (exact) mass is 315 g/mol. The zero-order valence-electron chi connectivity index (χ0n) is 13.4. The number of ether oxygens (including phenoxy) is 2. The van der Waals surface area contributed by atoms with Gasteiger partial charge in [0.25, 0.3) is 0 Å². The maximum Gasteiger partial charge on any atom is 0.407 e. The Morgan fingerprint density at radius 1 is 1.23 bits per heavy atom. The van der Waals surface area contributed by atoms with Gasteiger partial charge < -0.3 is 14.8 Å². The lowest BCUT2D eigenvalue weighted by Crippen LogP contribution is -2.40. The Labute approximate surface area is 129 Å². The van der Waals surface area contributed by atoms with Crippen LogP contribution in [0.3, 0.4) is 0 Å². The molecule has 1 aromatic rings. The van der Waals surface area contributed by atoms with Gasteiger partial charge in [0.15, 0.2) is 0 Å². The van der Waals surface area contributed by atoms with Crippen molar-refractivity contribution < 1.29 is 23.0 Å². The quantitative estimate of drug-likeness (QED) is 0.875. The topological polar surface area (TPSA) is 47.6 Å². The number of carbonyl (C=O) groups is 1. The molecule has 22 heavy (non-hydrogen) atoms. The van der Waals surface area contributed by atoms with Crippen LogP contribution in [0.15, 0.2) is 18.2 Å². The summed E-state index contributed by atoms with van der Waals surface area (Å²) in [6, 6.07) is 2.98. The Balaban J connectivity index is 2.73. The normalized spacial score (nSPS) is 12.8. The van der Waals surface area contributed by atoms with Gasteiger partial charge in [-0.1, -0.05) is 0 Å². The Bertz CT molecular complexity index is 480. The summed E-state index contributed by atoms with van der Waals surface area (Å²) in [6.45, 7) is 5.70. The fourth-order valence-corrected chi connectivity index (χ4v) is 1.97. The maximum absolute atomic E-state index is 13.2. The highest BCUT2D eigenvalue weighted by atomic mass is 19.1. The predicted molar refractivity (Wildman–Crippen MR) is 79.7 cm³/mol. The van der Waals surface area contributed by atoms with Crippen LogP contribution in [0.4, 0.5) is 13.6 Å². The number of halogens is 2. The number of methoxy groups -OCH3 is 1. The minimum Gasteiger partial charge on any atom is -0.444 e. The highest BCUT2D eigenvalue weighted by Gasteiger charge is 2.20. The summed E-state index contributed by atoms with van der Waals surface area (Å²) in [7, 11) is 1.55.